The highest BCUT2D eigenvalue weighted by molar-refractivity contribution is 7.89. The summed E-state index contributed by atoms with van der Waals surface area (Å²) < 4.78 is 27.7. The molecule has 2 fully saturated rings. The zero-order chi connectivity index (χ0) is 14.9. The van der Waals surface area contributed by atoms with Gasteiger partial charge < -0.3 is 10.6 Å². The largest absolute Gasteiger partial charge is 0.326 e. The van der Waals surface area contributed by atoms with Gasteiger partial charge in [0.15, 0.2) is 0 Å². The lowest BCUT2D eigenvalue weighted by Crippen LogP contribution is -2.47. The van der Waals surface area contributed by atoms with E-state index in [9.17, 15) is 8.42 Å². The summed E-state index contributed by atoms with van der Waals surface area (Å²) in [6.07, 6.45) is 4.27. The van der Waals surface area contributed by atoms with E-state index in [0.29, 0.717) is 17.5 Å². The number of hydrogen-bond donors (Lipinski definition) is 2. The van der Waals surface area contributed by atoms with Crippen LogP contribution in [0, 0.1) is 0 Å². The quantitative estimate of drug-likeness (QED) is 0.872. The average Bonchev–Trinajstić information content (AvgIpc) is 2.94. The second kappa shape index (κ2) is 6.04. The van der Waals surface area contributed by atoms with Crippen LogP contribution >= 0.6 is 0 Å². The minimum Gasteiger partial charge on any atom is -0.326 e. The summed E-state index contributed by atoms with van der Waals surface area (Å²) >= 11 is 0. The molecular weight excluding hydrogens is 286 g/mol. The van der Waals surface area contributed by atoms with Crippen LogP contribution in [0.1, 0.15) is 31.2 Å². The van der Waals surface area contributed by atoms with Crippen molar-refractivity contribution in [2.24, 2.45) is 5.73 Å². The highest BCUT2D eigenvalue weighted by atomic mass is 32.2. The van der Waals surface area contributed by atoms with Gasteiger partial charge in [-0.25, -0.2) is 13.1 Å². The second-order valence-corrected chi connectivity index (χ2v) is 7.74. The van der Waals surface area contributed by atoms with E-state index in [1.54, 1.807) is 24.3 Å². The van der Waals surface area contributed by atoms with Gasteiger partial charge in [-0.05, 0) is 56.5 Å². The second-order valence-electron chi connectivity index (χ2n) is 6.02. The standard InChI is InChI=1S/C15H23N3O2S/c16-11-12-3-5-15(6-4-12)21(19,20)17-13-7-9-18-8-1-2-14(18)10-13/h3-6,13-14,17H,1-2,7-11,16H2. The molecule has 0 spiro atoms. The van der Waals surface area contributed by atoms with Crippen LogP contribution in [0.25, 0.3) is 0 Å². The Morgan fingerprint density at radius 3 is 2.67 bits per heavy atom. The van der Waals surface area contributed by atoms with Gasteiger partial charge in [-0.2, -0.15) is 0 Å². The van der Waals surface area contributed by atoms with Gasteiger partial charge in [0.05, 0.1) is 4.90 Å². The van der Waals surface area contributed by atoms with Gasteiger partial charge >= 0.3 is 0 Å². The Labute approximate surface area is 126 Å². The maximum absolute atomic E-state index is 12.4. The van der Waals surface area contributed by atoms with Crippen LogP contribution in [0.5, 0.6) is 0 Å². The van der Waals surface area contributed by atoms with Gasteiger partial charge in [0.25, 0.3) is 0 Å². The number of hydrogen-bond acceptors (Lipinski definition) is 4. The molecule has 21 heavy (non-hydrogen) atoms. The number of benzene rings is 1. The molecule has 2 unspecified atom stereocenters. The first kappa shape index (κ1) is 15.0. The van der Waals surface area contributed by atoms with Crippen LogP contribution in [0.2, 0.25) is 0 Å². The van der Waals surface area contributed by atoms with Crippen molar-refractivity contribution in [2.75, 3.05) is 13.1 Å². The van der Waals surface area contributed by atoms with Crippen LogP contribution in [-0.4, -0.2) is 38.5 Å². The third kappa shape index (κ3) is 3.29. The fraction of sp³-hybridized carbons (Fsp3) is 0.600. The van der Waals surface area contributed by atoms with Crippen molar-refractivity contribution in [1.29, 1.82) is 0 Å². The third-order valence-corrected chi connectivity index (χ3v) is 6.15. The maximum atomic E-state index is 12.4. The van der Waals surface area contributed by atoms with E-state index in [2.05, 4.69) is 9.62 Å². The lowest BCUT2D eigenvalue weighted by atomic mass is 9.99. The number of nitrogens with one attached hydrogen (secondary N) is 1. The van der Waals surface area contributed by atoms with E-state index in [0.717, 1.165) is 24.9 Å². The monoisotopic (exact) mass is 309 g/mol. The van der Waals surface area contributed by atoms with Crippen molar-refractivity contribution >= 4 is 10.0 Å². The highest BCUT2D eigenvalue weighted by Crippen LogP contribution is 2.27. The molecule has 0 saturated carbocycles. The summed E-state index contributed by atoms with van der Waals surface area (Å²) in [6.45, 7) is 2.60. The van der Waals surface area contributed by atoms with Gasteiger partial charge in [-0.1, -0.05) is 12.1 Å². The minimum atomic E-state index is -3.42. The number of fused-ring (bicyclic) bond motifs is 1. The Balaban J connectivity index is 1.67. The number of rotatable bonds is 4. The number of sulfonamides is 1. The molecule has 116 valence electrons. The summed E-state index contributed by atoms with van der Waals surface area (Å²) in [6, 6.07) is 7.43. The minimum absolute atomic E-state index is 0.0588. The van der Waals surface area contributed by atoms with Gasteiger partial charge in [-0.3, -0.25) is 0 Å². The molecule has 0 aromatic heterocycles. The number of nitrogens with zero attached hydrogens (tertiary/aromatic N) is 1. The molecule has 6 heteroatoms. The van der Waals surface area contributed by atoms with Gasteiger partial charge in [-0.15, -0.1) is 0 Å². The van der Waals surface area contributed by atoms with E-state index in [-0.39, 0.29) is 6.04 Å². The first-order valence-corrected chi connectivity index (χ1v) is 9.12. The van der Waals surface area contributed by atoms with E-state index in [4.69, 9.17) is 5.73 Å². The number of nitrogens with two attached hydrogens (primary N) is 1. The van der Waals surface area contributed by atoms with E-state index in [1.165, 1.54) is 19.4 Å². The van der Waals surface area contributed by atoms with Crippen LogP contribution < -0.4 is 10.5 Å². The Morgan fingerprint density at radius 1 is 1.19 bits per heavy atom. The first-order chi connectivity index (χ1) is 10.1. The maximum Gasteiger partial charge on any atom is 0.240 e. The predicted molar refractivity (Wildman–Crippen MR) is 82.3 cm³/mol. The summed E-state index contributed by atoms with van der Waals surface area (Å²) in [7, 11) is -3.42. The zero-order valence-electron chi connectivity index (χ0n) is 12.2. The summed E-state index contributed by atoms with van der Waals surface area (Å²) in [5, 5.41) is 0. The number of piperidine rings is 1. The molecule has 0 bridgehead atoms. The molecule has 2 atom stereocenters. The first-order valence-electron chi connectivity index (χ1n) is 7.64. The van der Waals surface area contributed by atoms with E-state index >= 15 is 0 Å². The molecule has 3 rings (SSSR count). The Morgan fingerprint density at radius 2 is 1.95 bits per heavy atom. The zero-order valence-corrected chi connectivity index (χ0v) is 13.0. The fourth-order valence-corrected chi connectivity index (χ4v) is 4.71. The lowest BCUT2D eigenvalue weighted by Gasteiger charge is -2.34. The summed E-state index contributed by atoms with van der Waals surface area (Å²) in [5.41, 5.74) is 6.48. The molecule has 5 nitrogen and oxygen atoms in total. The normalized spacial score (nSPS) is 26.7. The van der Waals surface area contributed by atoms with Gasteiger partial charge in [0.1, 0.15) is 0 Å². The summed E-state index contributed by atoms with van der Waals surface area (Å²) in [5.74, 6) is 0. The molecule has 2 heterocycles. The van der Waals surface area contributed by atoms with Crippen molar-refractivity contribution in [3.8, 4) is 0 Å². The molecule has 1 aromatic carbocycles. The molecule has 0 aliphatic carbocycles. The average molecular weight is 309 g/mol. The smallest absolute Gasteiger partial charge is 0.240 e. The van der Waals surface area contributed by atoms with Crippen LogP contribution in [0.4, 0.5) is 0 Å². The van der Waals surface area contributed by atoms with Crippen molar-refractivity contribution in [3.05, 3.63) is 29.8 Å². The van der Waals surface area contributed by atoms with Crippen molar-refractivity contribution in [2.45, 2.75) is 49.2 Å². The highest BCUT2D eigenvalue weighted by Gasteiger charge is 2.33. The van der Waals surface area contributed by atoms with Crippen LogP contribution in [-0.2, 0) is 16.6 Å². The van der Waals surface area contributed by atoms with Gasteiger partial charge in [0.2, 0.25) is 10.0 Å². The molecule has 0 amide bonds. The molecular formula is C15H23N3O2S. The molecule has 0 radical (unpaired) electrons. The lowest BCUT2D eigenvalue weighted by molar-refractivity contribution is 0.176. The molecule has 2 saturated heterocycles. The topological polar surface area (TPSA) is 75.4 Å². The van der Waals surface area contributed by atoms with Crippen molar-refractivity contribution in [1.82, 2.24) is 9.62 Å². The van der Waals surface area contributed by atoms with Crippen molar-refractivity contribution in [3.63, 3.8) is 0 Å². The Bertz CT molecular complexity index is 585. The van der Waals surface area contributed by atoms with Gasteiger partial charge in [0, 0.05) is 18.6 Å². The molecule has 3 N–H and O–H groups in total. The van der Waals surface area contributed by atoms with E-state index < -0.39 is 10.0 Å². The van der Waals surface area contributed by atoms with E-state index in [1.807, 2.05) is 0 Å². The molecule has 2 aliphatic rings. The van der Waals surface area contributed by atoms with Crippen molar-refractivity contribution < 1.29 is 8.42 Å². The Hall–Kier alpha value is -0.950. The Kier molecular flexibility index (Phi) is 4.31. The SMILES string of the molecule is NCc1ccc(S(=O)(=O)NC2CCN3CCCC3C2)cc1. The summed E-state index contributed by atoms with van der Waals surface area (Å²) in [4.78, 5) is 2.81. The molecule has 2 aliphatic heterocycles. The van der Waals surface area contributed by atoms with Crippen LogP contribution in [0.3, 0.4) is 0 Å². The molecule has 1 aromatic rings. The predicted octanol–water partition coefficient (Wildman–Crippen LogP) is 1.05. The third-order valence-electron chi connectivity index (χ3n) is 4.61. The van der Waals surface area contributed by atoms with Crippen LogP contribution in [0.15, 0.2) is 29.2 Å². The fourth-order valence-electron chi connectivity index (χ4n) is 3.42.